The van der Waals surface area contributed by atoms with Gasteiger partial charge in [-0.25, -0.2) is 9.67 Å². The summed E-state index contributed by atoms with van der Waals surface area (Å²) in [5.74, 6) is 0.908. The van der Waals surface area contributed by atoms with Gasteiger partial charge in [-0.15, -0.1) is 0 Å². The van der Waals surface area contributed by atoms with Crippen molar-refractivity contribution in [1.29, 1.82) is 0 Å². The summed E-state index contributed by atoms with van der Waals surface area (Å²) in [4.78, 5) is 16.3. The summed E-state index contributed by atoms with van der Waals surface area (Å²) in [5.41, 5.74) is 0.570. The molecule has 0 unspecified atom stereocenters. The lowest BCUT2D eigenvalue weighted by Gasteiger charge is -2.10. The van der Waals surface area contributed by atoms with Crippen molar-refractivity contribution in [2.75, 3.05) is 11.9 Å². The molecule has 0 fully saturated rings. The molecule has 0 atom stereocenters. The van der Waals surface area contributed by atoms with Crippen LogP contribution in [0, 0.1) is 0 Å². The molecule has 1 aromatic carbocycles. The van der Waals surface area contributed by atoms with Crippen LogP contribution in [0.5, 0.6) is 5.75 Å². The topological polar surface area (TPSA) is 69.0 Å². The highest BCUT2D eigenvalue weighted by atomic mass is 79.9. The largest absolute Gasteiger partial charge is 0.484 e. The number of nitrogens with one attached hydrogen (secondary N) is 1. The molecule has 0 spiro atoms. The molecule has 6 nitrogen and oxygen atoms in total. The third-order valence-electron chi connectivity index (χ3n) is 2.97. The van der Waals surface area contributed by atoms with Gasteiger partial charge >= 0.3 is 0 Å². The summed E-state index contributed by atoms with van der Waals surface area (Å²) >= 11 is 3.35. The fraction of sp³-hybridized carbons (Fsp3) is 0.0625. The minimum atomic E-state index is -0.269. The van der Waals surface area contributed by atoms with Crippen LogP contribution < -0.4 is 10.1 Å². The molecule has 116 valence electrons. The summed E-state index contributed by atoms with van der Waals surface area (Å²) < 4.78 is 7.99. The number of carbonyl (C=O) groups excluding carboxylic acids is 1. The summed E-state index contributed by atoms with van der Waals surface area (Å²) in [7, 11) is 0. The number of nitrogens with zero attached hydrogens (tertiary/aromatic N) is 3. The third-order valence-corrected chi connectivity index (χ3v) is 3.49. The van der Waals surface area contributed by atoms with Crippen molar-refractivity contribution >= 4 is 27.5 Å². The fourth-order valence-electron chi connectivity index (χ4n) is 1.94. The van der Waals surface area contributed by atoms with Crippen LogP contribution in [0.25, 0.3) is 5.82 Å². The number of hydrogen-bond donors (Lipinski definition) is 1. The minimum absolute atomic E-state index is 0.0882. The lowest BCUT2D eigenvalue weighted by atomic mass is 10.3. The second-order valence-corrected chi connectivity index (χ2v) is 5.53. The maximum absolute atomic E-state index is 12.1. The summed E-state index contributed by atoms with van der Waals surface area (Å²) in [6.45, 7) is -0.0882. The van der Waals surface area contributed by atoms with E-state index >= 15 is 0 Å². The van der Waals surface area contributed by atoms with E-state index in [-0.39, 0.29) is 12.5 Å². The van der Waals surface area contributed by atoms with Gasteiger partial charge in [-0.1, -0.05) is 15.9 Å². The van der Waals surface area contributed by atoms with Crippen LogP contribution in [0.15, 0.2) is 65.5 Å². The van der Waals surface area contributed by atoms with Crippen molar-refractivity contribution in [3.63, 3.8) is 0 Å². The molecule has 3 rings (SSSR count). The third kappa shape index (κ3) is 3.95. The lowest BCUT2D eigenvalue weighted by molar-refractivity contribution is -0.118. The molecule has 2 aromatic heterocycles. The molecule has 1 N–H and O–H groups in total. The summed E-state index contributed by atoms with van der Waals surface area (Å²) in [5, 5.41) is 6.91. The van der Waals surface area contributed by atoms with Gasteiger partial charge in [0, 0.05) is 23.1 Å². The number of ether oxygens (including phenoxy) is 1. The maximum Gasteiger partial charge on any atom is 0.262 e. The number of carbonyl (C=O) groups is 1. The van der Waals surface area contributed by atoms with Gasteiger partial charge in [0.25, 0.3) is 5.91 Å². The average molecular weight is 373 g/mol. The quantitative estimate of drug-likeness (QED) is 0.747. The molecule has 3 aromatic rings. The molecule has 0 saturated carbocycles. The highest BCUT2D eigenvalue weighted by Gasteiger charge is 2.10. The number of anilines is 1. The number of halogens is 1. The van der Waals surface area contributed by atoms with Crippen molar-refractivity contribution < 1.29 is 9.53 Å². The molecule has 0 aliphatic heterocycles. The Balaban J connectivity index is 1.65. The van der Waals surface area contributed by atoms with Gasteiger partial charge in [-0.3, -0.25) is 4.79 Å². The molecule has 1 amide bonds. The Morgan fingerprint density at radius 1 is 1.17 bits per heavy atom. The van der Waals surface area contributed by atoms with Crippen molar-refractivity contribution in [3.05, 3.63) is 65.5 Å². The number of hydrogen-bond acceptors (Lipinski definition) is 4. The Labute approximate surface area is 141 Å². The van der Waals surface area contributed by atoms with Crippen LogP contribution in [0.1, 0.15) is 0 Å². The van der Waals surface area contributed by atoms with E-state index in [4.69, 9.17) is 4.74 Å². The van der Waals surface area contributed by atoms with E-state index in [1.54, 1.807) is 53.6 Å². The Bertz CT molecular complexity index is 788. The Morgan fingerprint density at radius 2 is 2.00 bits per heavy atom. The fourth-order valence-corrected chi connectivity index (χ4v) is 2.20. The van der Waals surface area contributed by atoms with Gasteiger partial charge in [0.2, 0.25) is 0 Å². The molecule has 0 aliphatic carbocycles. The minimum Gasteiger partial charge on any atom is -0.484 e. The Kier molecular flexibility index (Phi) is 4.68. The monoisotopic (exact) mass is 372 g/mol. The predicted molar refractivity (Wildman–Crippen MR) is 89.6 cm³/mol. The first kappa shape index (κ1) is 15.2. The zero-order valence-corrected chi connectivity index (χ0v) is 13.6. The van der Waals surface area contributed by atoms with Gasteiger partial charge in [0.15, 0.2) is 12.4 Å². The normalized spacial score (nSPS) is 10.3. The zero-order chi connectivity index (χ0) is 16.1. The number of rotatable bonds is 5. The molecule has 0 radical (unpaired) electrons. The number of aromatic nitrogens is 3. The van der Waals surface area contributed by atoms with E-state index in [1.165, 1.54) is 0 Å². The molecular weight excluding hydrogens is 360 g/mol. The van der Waals surface area contributed by atoms with Gasteiger partial charge in [-0.2, -0.15) is 5.10 Å². The first-order valence-electron chi connectivity index (χ1n) is 6.85. The summed E-state index contributed by atoms with van der Waals surface area (Å²) in [6, 6.07) is 12.6. The van der Waals surface area contributed by atoms with Crippen LogP contribution in [0.4, 0.5) is 5.69 Å². The van der Waals surface area contributed by atoms with Gasteiger partial charge in [0.1, 0.15) is 5.75 Å². The van der Waals surface area contributed by atoms with E-state index in [0.29, 0.717) is 17.3 Å². The average Bonchev–Trinajstić information content (AvgIpc) is 3.09. The first-order valence-corrected chi connectivity index (χ1v) is 7.65. The zero-order valence-electron chi connectivity index (χ0n) is 12.0. The van der Waals surface area contributed by atoms with Gasteiger partial charge in [-0.05, 0) is 42.5 Å². The molecule has 23 heavy (non-hydrogen) atoms. The molecule has 2 heterocycles. The molecular formula is C16H13BrN4O2. The van der Waals surface area contributed by atoms with Crippen molar-refractivity contribution in [1.82, 2.24) is 14.8 Å². The van der Waals surface area contributed by atoms with E-state index in [1.807, 2.05) is 12.1 Å². The van der Waals surface area contributed by atoms with Crippen LogP contribution >= 0.6 is 15.9 Å². The Hall–Kier alpha value is -2.67. The predicted octanol–water partition coefficient (Wildman–Crippen LogP) is 3.05. The van der Waals surface area contributed by atoms with Crippen LogP contribution in [0.3, 0.4) is 0 Å². The van der Waals surface area contributed by atoms with E-state index in [2.05, 4.69) is 31.3 Å². The number of amides is 1. The second-order valence-electron chi connectivity index (χ2n) is 4.62. The highest BCUT2D eigenvalue weighted by molar-refractivity contribution is 9.10. The SMILES string of the molecule is O=C(COc1ccc(Br)cc1)Nc1cccnc1-n1cccn1. The Morgan fingerprint density at radius 3 is 2.74 bits per heavy atom. The molecule has 0 saturated heterocycles. The van der Waals surface area contributed by atoms with Crippen LogP contribution in [0.2, 0.25) is 0 Å². The van der Waals surface area contributed by atoms with E-state index < -0.39 is 0 Å². The standard InChI is InChI=1S/C16H13BrN4O2/c17-12-4-6-13(7-5-12)23-11-15(22)20-14-3-1-8-18-16(14)21-10-2-9-19-21/h1-10H,11H2,(H,20,22). The molecule has 7 heteroatoms. The first-order chi connectivity index (χ1) is 11.2. The highest BCUT2D eigenvalue weighted by Crippen LogP contribution is 2.17. The lowest BCUT2D eigenvalue weighted by Crippen LogP contribution is -2.21. The molecule has 0 aliphatic rings. The van der Waals surface area contributed by atoms with Crippen LogP contribution in [-0.2, 0) is 4.79 Å². The van der Waals surface area contributed by atoms with E-state index in [0.717, 1.165) is 4.47 Å². The van der Waals surface area contributed by atoms with Gasteiger partial charge < -0.3 is 10.1 Å². The van der Waals surface area contributed by atoms with Crippen molar-refractivity contribution in [2.45, 2.75) is 0 Å². The number of pyridine rings is 1. The van der Waals surface area contributed by atoms with Crippen molar-refractivity contribution in [2.24, 2.45) is 0 Å². The molecule has 0 bridgehead atoms. The van der Waals surface area contributed by atoms with E-state index in [9.17, 15) is 4.79 Å². The van der Waals surface area contributed by atoms with Crippen molar-refractivity contribution in [3.8, 4) is 11.6 Å². The number of benzene rings is 1. The van der Waals surface area contributed by atoms with Gasteiger partial charge in [0.05, 0.1) is 5.69 Å². The smallest absolute Gasteiger partial charge is 0.262 e. The maximum atomic E-state index is 12.1. The van der Waals surface area contributed by atoms with Crippen LogP contribution in [-0.4, -0.2) is 27.3 Å². The second kappa shape index (κ2) is 7.06. The summed E-state index contributed by atoms with van der Waals surface area (Å²) in [6.07, 6.45) is 5.05.